The second kappa shape index (κ2) is 7.37. The Kier molecular flexibility index (Phi) is 5.22. The van der Waals surface area contributed by atoms with Gasteiger partial charge in [0.2, 0.25) is 11.8 Å². The summed E-state index contributed by atoms with van der Waals surface area (Å²) >= 11 is 0. The summed E-state index contributed by atoms with van der Waals surface area (Å²) in [7, 11) is 0. The highest BCUT2D eigenvalue weighted by atomic mass is 16.2. The van der Waals surface area contributed by atoms with Gasteiger partial charge in [0.15, 0.2) is 0 Å². The van der Waals surface area contributed by atoms with E-state index < -0.39 is 5.54 Å². The van der Waals surface area contributed by atoms with Crippen LogP contribution in [0.1, 0.15) is 57.4 Å². The first kappa shape index (κ1) is 17.0. The molecule has 1 aliphatic carbocycles. The lowest BCUT2D eigenvalue weighted by Gasteiger charge is -2.36. The molecule has 24 heavy (non-hydrogen) atoms. The van der Waals surface area contributed by atoms with Crippen molar-refractivity contribution in [2.75, 3.05) is 6.54 Å². The summed E-state index contributed by atoms with van der Waals surface area (Å²) in [4.78, 5) is 27.1. The largest absolute Gasteiger partial charge is 0.351 e. The van der Waals surface area contributed by atoms with E-state index in [2.05, 4.69) is 17.4 Å². The van der Waals surface area contributed by atoms with Crippen molar-refractivity contribution in [1.82, 2.24) is 10.2 Å². The van der Waals surface area contributed by atoms with Gasteiger partial charge in [0, 0.05) is 19.0 Å². The number of carbonyl (C=O) groups excluding carboxylic acids is 2. The van der Waals surface area contributed by atoms with Crippen molar-refractivity contribution >= 4 is 11.8 Å². The Bertz CT molecular complexity index is 581. The number of amides is 2. The Morgan fingerprint density at radius 2 is 1.92 bits per heavy atom. The van der Waals surface area contributed by atoms with Gasteiger partial charge in [0.25, 0.3) is 0 Å². The molecule has 4 heteroatoms. The first-order chi connectivity index (χ1) is 11.6. The van der Waals surface area contributed by atoms with Crippen LogP contribution in [-0.2, 0) is 16.0 Å². The highest BCUT2D eigenvalue weighted by molar-refractivity contribution is 5.94. The lowest BCUT2D eigenvalue weighted by atomic mass is 9.92. The van der Waals surface area contributed by atoms with Crippen LogP contribution in [0.15, 0.2) is 30.3 Å². The van der Waals surface area contributed by atoms with E-state index in [9.17, 15) is 9.59 Å². The Labute approximate surface area is 144 Å². The van der Waals surface area contributed by atoms with E-state index >= 15 is 0 Å². The molecular weight excluding hydrogens is 300 g/mol. The monoisotopic (exact) mass is 328 g/mol. The van der Waals surface area contributed by atoms with Gasteiger partial charge in [-0.2, -0.15) is 0 Å². The van der Waals surface area contributed by atoms with E-state index in [0.717, 1.165) is 19.3 Å². The maximum absolute atomic E-state index is 12.9. The molecular formula is C20H28N2O2. The molecule has 3 rings (SSSR count). The van der Waals surface area contributed by atoms with Crippen molar-refractivity contribution in [3.63, 3.8) is 0 Å². The van der Waals surface area contributed by atoms with Crippen molar-refractivity contribution < 1.29 is 9.59 Å². The van der Waals surface area contributed by atoms with Crippen molar-refractivity contribution in [2.24, 2.45) is 0 Å². The number of nitrogens with zero attached hydrogens (tertiary/aromatic N) is 1. The van der Waals surface area contributed by atoms with E-state index in [0.29, 0.717) is 19.4 Å². The van der Waals surface area contributed by atoms with Crippen LogP contribution in [0, 0.1) is 0 Å². The van der Waals surface area contributed by atoms with Gasteiger partial charge >= 0.3 is 0 Å². The number of hydrogen-bond acceptors (Lipinski definition) is 2. The average molecular weight is 328 g/mol. The van der Waals surface area contributed by atoms with Crippen LogP contribution in [0.25, 0.3) is 0 Å². The van der Waals surface area contributed by atoms with Gasteiger partial charge in [-0.05, 0) is 38.2 Å². The summed E-state index contributed by atoms with van der Waals surface area (Å²) in [5.41, 5.74) is 0.510. The first-order valence-electron chi connectivity index (χ1n) is 9.25. The quantitative estimate of drug-likeness (QED) is 0.903. The molecule has 1 unspecified atom stereocenters. The SMILES string of the molecule is CC1(C(=O)NC2CCCCC2)CCC(=O)N1CCc1ccccc1. The minimum absolute atomic E-state index is 0.0355. The molecule has 1 saturated carbocycles. The molecule has 0 radical (unpaired) electrons. The highest BCUT2D eigenvalue weighted by Crippen LogP contribution is 2.31. The summed E-state index contributed by atoms with van der Waals surface area (Å²) in [5.74, 6) is 0.139. The predicted molar refractivity (Wildman–Crippen MR) is 94.5 cm³/mol. The summed E-state index contributed by atoms with van der Waals surface area (Å²) in [5, 5.41) is 3.22. The summed E-state index contributed by atoms with van der Waals surface area (Å²) in [6, 6.07) is 10.4. The first-order valence-corrected chi connectivity index (χ1v) is 9.25. The van der Waals surface area contributed by atoms with Crippen molar-refractivity contribution in [1.29, 1.82) is 0 Å². The number of hydrogen-bond donors (Lipinski definition) is 1. The number of nitrogens with one attached hydrogen (secondary N) is 1. The molecule has 1 aromatic carbocycles. The molecule has 130 valence electrons. The highest BCUT2D eigenvalue weighted by Gasteiger charge is 2.47. The normalized spacial score (nSPS) is 25.0. The fourth-order valence-corrected chi connectivity index (χ4v) is 3.98. The molecule has 1 aromatic rings. The predicted octanol–water partition coefficient (Wildman–Crippen LogP) is 3.06. The summed E-state index contributed by atoms with van der Waals surface area (Å²) in [6.45, 7) is 2.54. The second-order valence-electron chi connectivity index (χ2n) is 7.36. The van der Waals surface area contributed by atoms with Crippen LogP contribution in [-0.4, -0.2) is 34.8 Å². The maximum Gasteiger partial charge on any atom is 0.245 e. The van der Waals surface area contributed by atoms with E-state index in [4.69, 9.17) is 0 Å². The van der Waals surface area contributed by atoms with Gasteiger partial charge in [0.05, 0.1) is 0 Å². The van der Waals surface area contributed by atoms with Crippen LogP contribution in [0.2, 0.25) is 0 Å². The Morgan fingerprint density at radius 1 is 1.21 bits per heavy atom. The standard InChI is InChI=1S/C20H28N2O2/c1-20(19(24)21-17-10-6-3-7-11-17)14-12-18(23)22(20)15-13-16-8-4-2-5-9-16/h2,4-5,8-9,17H,3,6-7,10-15H2,1H3,(H,21,24). The van der Waals surface area contributed by atoms with E-state index in [-0.39, 0.29) is 17.9 Å². The molecule has 0 bridgehead atoms. The fourth-order valence-electron chi connectivity index (χ4n) is 3.98. The Hall–Kier alpha value is -1.84. The smallest absolute Gasteiger partial charge is 0.245 e. The van der Waals surface area contributed by atoms with E-state index in [1.165, 1.54) is 24.8 Å². The van der Waals surface area contributed by atoms with Gasteiger partial charge in [-0.25, -0.2) is 0 Å². The number of benzene rings is 1. The second-order valence-corrected chi connectivity index (χ2v) is 7.36. The van der Waals surface area contributed by atoms with Gasteiger partial charge in [-0.15, -0.1) is 0 Å². The lowest BCUT2D eigenvalue weighted by molar-refractivity contribution is -0.141. The zero-order valence-corrected chi connectivity index (χ0v) is 14.6. The molecule has 1 saturated heterocycles. The molecule has 0 aromatic heterocycles. The molecule has 1 N–H and O–H groups in total. The molecule has 2 fully saturated rings. The van der Waals surface area contributed by atoms with E-state index in [1.54, 1.807) is 4.90 Å². The fraction of sp³-hybridized carbons (Fsp3) is 0.600. The molecule has 1 aliphatic heterocycles. The number of rotatable bonds is 5. The van der Waals surface area contributed by atoms with Crippen LogP contribution < -0.4 is 5.32 Å². The molecule has 0 spiro atoms. The van der Waals surface area contributed by atoms with Gasteiger partial charge in [-0.1, -0.05) is 49.6 Å². The molecule has 1 heterocycles. The minimum atomic E-state index is -0.691. The van der Waals surface area contributed by atoms with Crippen molar-refractivity contribution in [3.05, 3.63) is 35.9 Å². The van der Waals surface area contributed by atoms with Crippen molar-refractivity contribution in [2.45, 2.75) is 69.9 Å². The van der Waals surface area contributed by atoms with Crippen molar-refractivity contribution in [3.8, 4) is 0 Å². The number of carbonyl (C=O) groups is 2. The summed E-state index contributed by atoms with van der Waals surface area (Å²) in [6.07, 6.45) is 7.68. The molecule has 2 amide bonds. The summed E-state index contributed by atoms with van der Waals surface area (Å²) < 4.78 is 0. The molecule has 4 nitrogen and oxygen atoms in total. The van der Waals surface area contributed by atoms with Gasteiger partial charge < -0.3 is 10.2 Å². The lowest BCUT2D eigenvalue weighted by Crippen LogP contribution is -2.57. The van der Waals surface area contributed by atoms with Crippen LogP contribution in [0.4, 0.5) is 0 Å². The Morgan fingerprint density at radius 3 is 2.62 bits per heavy atom. The third-order valence-electron chi connectivity index (χ3n) is 5.62. The van der Waals surface area contributed by atoms with Crippen LogP contribution in [0.5, 0.6) is 0 Å². The van der Waals surface area contributed by atoms with E-state index in [1.807, 2.05) is 25.1 Å². The van der Waals surface area contributed by atoms with Crippen LogP contribution >= 0.6 is 0 Å². The third kappa shape index (κ3) is 3.63. The van der Waals surface area contributed by atoms with Crippen LogP contribution in [0.3, 0.4) is 0 Å². The zero-order valence-electron chi connectivity index (χ0n) is 14.6. The molecule has 1 atom stereocenters. The number of likely N-dealkylation sites (tertiary alicyclic amines) is 1. The maximum atomic E-state index is 12.9. The molecule has 2 aliphatic rings. The van der Waals surface area contributed by atoms with Gasteiger partial charge in [0.1, 0.15) is 5.54 Å². The third-order valence-corrected chi connectivity index (χ3v) is 5.62. The minimum Gasteiger partial charge on any atom is -0.351 e. The van der Waals surface area contributed by atoms with Gasteiger partial charge in [-0.3, -0.25) is 9.59 Å². The zero-order chi connectivity index (χ0) is 17.0. The average Bonchev–Trinajstić information content (AvgIpc) is 2.91. The Balaban J connectivity index is 1.64. The topological polar surface area (TPSA) is 49.4 Å².